The fourth-order valence-electron chi connectivity index (χ4n) is 3.17. The Morgan fingerprint density at radius 3 is 2.88 bits per heavy atom. The maximum Gasteiger partial charge on any atom is 0.00481 e. The third-order valence-corrected chi connectivity index (χ3v) is 4.24. The van der Waals surface area contributed by atoms with Crippen molar-refractivity contribution in [2.24, 2.45) is 11.3 Å². The first-order valence-electron chi connectivity index (χ1n) is 6.65. The molecule has 2 unspecified atom stereocenters. The summed E-state index contributed by atoms with van der Waals surface area (Å²) in [5.41, 5.74) is 0.551. The number of likely N-dealkylation sites (tertiary alicyclic amines) is 1. The quantitative estimate of drug-likeness (QED) is 0.824. The number of hydrogen-bond acceptors (Lipinski definition) is 2. The Hall–Kier alpha value is 0.210. The molecule has 1 N–H and O–H groups in total. The van der Waals surface area contributed by atoms with Gasteiger partial charge in [-0.15, -0.1) is 12.4 Å². The summed E-state index contributed by atoms with van der Waals surface area (Å²) in [4.78, 5) is 2.71. The summed E-state index contributed by atoms with van der Waals surface area (Å²) in [6, 6.07) is 0. The lowest BCUT2D eigenvalue weighted by Gasteiger charge is -2.37. The van der Waals surface area contributed by atoms with Crippen LogP contribution in [0.4, 0.5) is 0 Å². The molecule has 2 atom stereocenters. The molecule has 0 aromatic heterocycles. The van der Waals surface area contributed by atoms with Crippen molar-refractivity contribution >= 4 is 12.4 Å². The van der Waals surface area contributed by atoms with Gasteiger partial charge in [-0.2, -0.15) is 0 Å². The Balaban J connectivity index is 0.00000128. The van der Waals surface area contributed by atoms with Crippen molar-refractivity contribution in [3.8, 4) is 0 Å². The van der Waals surface area contributed by atoms with E-state index in [0.717, 1.165) is 5.92 Å². The predicted molar refractivity (Wildman–Crippen MR) is 72.3 cm³/mol. The molecular weight excluding hydrogens is 220 g/mol. The summed E-state index contributed by atoms with van der Waals surface area (Å²) >= 11 is 0. The third-order valence-electron chi connectivity index (χ3n) is 4.24. The summed E-state index contributed by atoms with van der Waals surface area (Å²) in [5, 5.41) is 3.50. The van der Waals surface area contributed by atoms with Gasteiger partial charge in [0.25, 0.3) is 0 Å². The van der Waals surface area contributed by atoms with Crippen LogP contribution < -0.4 is 5.32 Å². The molecule has 0 bridgehead atoms. The molecule has 2 heterocycles. The van der Waals surface area contributed by atoms with E-state index in [2.05, 4.69) is 24.1 Å². The first-order valence-corrected chi connectivity index (χ1v) is 6.65. The van der Waals surface area contributed by atoms with E-state index in [1.807, 2.05) is 0 Å². The van der Waals surface area contributed by atoms with Crippen LogP contribution in [0.25, 0.3) is 0 Å². The number of rotatable bonds is 3. The molecule has 0 radical (unpaired) electrons. The Kier molecular flexibility index (Phi) is 5.55. The van der Waals surface area contributed by atoms with Crippen molar-refractivity contribution in [2.45, 2.75) is 39.5 Å². The molecule has 0 amide bonds. The van der Waals surface area contributed by atoms with Crippen molar-refractivity contribution in [3.05, 3.63) is 0 Å². The molecule has 2 nitrogen and oxygen atoms in total. The Morgan fingerprint density at radius 2 is 2.25 bits per heavy atom. The fraction of sp³-hybridized carbons (Fsp3) is 1.00. The van der Waals surface area contributed by atoms with Gasteiger partial charge in [-0.05, 0) is 43.7 Å². The van der Waals surface area contributed by atoms with Crippen LogP contribution in [0, 0.1) is 11.3 Å². The summed E-state index contributed by atoms with van der Waals surface area (Å²) in [7, 11) is 0. The minimum Gasteiger partial charge on any atom is -0.316 e. The highest BCUT2D eigenvalue weighted by molar-refractivity contribution is 5.85. The zero-order chi connectivity index (χ0) is 10.7. The van der Waals surface area contributed by atoms with E-state index in [0.29, 0.717) is 5.41 Å². The van der Waals surface area contributed by atoms with Crippen LogP contribution in [-0.2, 0) is 0 Å². The zero-order valence-corrected chi connectivity index (χ0v) is 11.6. The maximum absolute atomic E-state index is 3.50. The van der Waals surface area contributed by atoms with Gasteiger partial charge in [0.1, 0.15) is 0 Å². The highest BCUT2D eigenvalue weighted by Crippen LogP contribution is 2.28. The Labute approximate surface area is 107 Å². The summed E-state index contributed by atoms with van der Waals surface area (Å²) in [6.07, 6.45) is 5.61. The lowest BCUT2D eigenvalue weighted by atomic mass is 9.87. The molecule has 96 valence electrons. The monoisotopic (exact) mass is 246 g/mol. The molecule has 0 aromatic carbocycles. The highest BCUT2D eigenvalue weighted by atomic mass is 35.5. The van der Waals surface area contributed by atoms with E-state index < -0.39 is 0 Å². The minimum atomic E-state index is 0. The van der Waals surface area contributed by atoms with Crippen molar-refractivity contribution in [3.63, 3.8) is 0 Å². The molecule has 16 heavy (non-hydrogen) atoms. The van der Waals surface area contributed by atoms with Crippen LogP contribution in [-0.4, -0.2) is 37.6 Å². The second kappa shape index (κ2) is 6.23. The topological polar surface area (TPSA) is 15.3 Å². The molecule has 0 spiro atoms. The fourth-order valence-corrected chi connectivity index (χ4v) is 3.17. The Bertz CT molecular complexity index is 202. The van der Waals surface area contributed by atoms with Crippen molar-refractivity contribution in [1.29, 1.82) is 0 Å². The first-order chi connectivity index (χ1) is 7.22. The minimum absolute atomic E-state index is 0. The lowest BCUT2D eigenvalue weighted by molar-refractivity contribution is 0.119. The summed E-state index contributed by atoms with van der Waals surface area (Å²) < 4.78 is 0. The zero-order valence-electron chi connectivity index (χ0n) is 10.8. The number of piperidine rings is 1. The van der Waals surface area contributed by atoms with Gasteiger partial charge in [0.05, 0.1) is 0 Å². The van der Waals surface area contributed by atoms with Crippen LogP contribution in [0.1, 0.15) is 39.5 Å². The van der Waals surface area contributed by atoms with Crippen molar-refractivity contribution in [1.82, 2.24) is 10.2 Å². The van der Waals surface area contributed by atoms with Crippen molar-refractivity contribution < 1.29 is 0 Å². The lowest BCUT2D eigenvalue weighted by Crippen LogP contribution is -2.42. The van der Waals surface area contributed by atoms with Gasteiger partial charge in [-0.1, -0.05) is 20.3 Å². The van der Waals surface area contributed by atoms with Crippen LogP contribution in [0.3, 0.4) is 0 Å². The van der Waals surface area contributed by atoms with Crippen LogP contribution in [0.2, 0.25) is 0 Å². The van der Waals surface area contributed by atoms with E-state index in [4.69, 9.17) is 0 Å². The molecule has 2 saturated heterocycles. The SMILES string of the molecule is CCC1CCCN(CC2(C)CCNC2)C1.Cl. The molecular formula is C13H27ClN2. The van der Waals surface area contributed by atoms with E-state index >= 15 is 0 Å². The summed E-state index contributed by atoms with van der Waals surface area (Å²) in [6.45, 7) is 11.2. The predicted octanol–water partition coefficient (Wildman–Crippen LogP) is 2.53. The van der Waals surface area contributed by atoms with Crippen LogP contribution in [0.5, 0.6) is 0 Å². The number of nitrogens with zero attached hydrogens (tertiary/aromatic N) is 1. The third kappa shape index (κ3) is 3.61. The van der Waals surface area contributed by atoms with Crippen LogP contribution in [0.15, 0.2) is 0 Å². The Morgan fingerprint density at radius 1 is 1.44 bits per heavy atom. The second-order valence-corrected chi connectivity index (χ2v) is 5.89. The van der Waals surface area contributed by atoms with E-state index in [1.165, 1.54) is 58.4 Å². The maximum atomic E-state index is 3.50. The van der Waals surface area contributed by atoms with Gasteiger partial charge in [0.2, 0.25) is 0 Å². The second-order valence-electron chi connectivity index (χ2n) is 5.89. The molecule has 2 fully saturated rings. The summed E-state index contributed by atoms with van der Waals surface area (Å²) in [5.74, 6) is 0.969. The van der Waals surface area contributed by atoms with Gasteiger partial charge in [-0.25, -0.2) is 0 Å². The van der Waals surface area contributed by atoms with E-state index in [9.17, 15) is 0 Å². The molecule has 3 heteroatoms. The molecule has 0 aliphatic carbocycles. The number of halogens is 1. The van der Waals surface area contributed by atoms with Gasteiger partial charge < -0.3 is 10.2 Å². The number of nitrogens with one attached hydrogen (secondary N) is 1. The first kappa shape index (κ1) is 14.3. The average Bonchev–Trinajstić information content (AvgIpc) is 2.65. The van der Waals surface area contributed by atoms with Gasteiger partial charge >= 0.3 is 0 Å². The van der Waals surface area contributed by atoms with Crippen molar-refractivity contribution in [2.75, 3.05) is 32.7 Å². The van der Waals surface area contributed by atoms with Gasteiger partial charge in [-0.3, -0.25) is 0 Å². The largest absolute Gasteiger partial charge is 0.316 e. The molecule has 2 rings (SSSR count). The van der Waals surface area contributed by atoms with Gasteiger partial charge in [0.15, 0.2) is 0 Å². The van der Waals surface area contributed by atoms with E-state index in [-0.39, 0.29) is 12.4 Å². The number of hydrogen-bond donors (Lipinski definition) is 1. The van der Waals surface area contributed by atoms with Crippen LogP contribution >= 0.6 is 12.4 Å². The smallest absolute Gasteiger partial charge is 0.00481 e. The molecule has 2 aliphatic rings. The average molecular weight is 247 g/mol. The van der Waals surface area contributed by atoms with Gasteiger partial charge in [0, 0.05) is 19.6 Å². The molecule has 0 saturated carbocycles. The molecule has 2 aliphatic heterocycles. The highest BCUT2D eigenvalue weighted by Gasteiger charge is 2.32. The normalized spacial score (nSPS) is 36.0. The standard InChI is InChI=1S/C13H26N2.ClH/c1-3-12-5-4-8-15(9-12)11-13(2)6-7-14-10-13;/h12,14H,3-11H2,1-2H3;1H. The molecule has 0 aromatic rings. The van der Waals surface area contributed by atoms with E-state index in [1.54, 1.807) is 0 Å².